The monoisotopic (exact) mass is 184 g/mol. The van der Waals surface area contributed by atoms with Gasteiger partial charge in [-0.25, -0.2) is 8.78 Å². The molecule has 0 nitrogen and oxygen atoms in total. The quantitative estimate of drug-likeness (QED) is 0.657. The van der Waals surface area contributed by atoms with Gasteiger partial charge in [-0.05, 0) is 29.5 Å². The molecule has 0 saturated heterocycles. The van der Waals surface area contributed by atoms with E-state index in [0.717, 1.165) is 5.56 Å². The molecular weight excluding hydrogens is 170 g/mol. The minimum Gasteiger partial charge on any atom is -0.204 e. The van der Waals surface area contributed by atoms with Gasteiger partial charge in [0.05, 0.1) is 0 Å². The molecule has 0 aliphatic carbocycles. The smallest absolute Gasteiger partial charge is 0.159 e. The highest BCUT2D eigenvalue weighted by atomic mass is 19.2. The van der Waals surface area contributed by atoms with E-state index in [4.69, 9.17) is 0 Å². The van der Waals surface area contributed by atoms with E-state index in [1.807, 2.05) is 6.92 Å². The van der Waals surface area contributed by atoms with Crippen LogP contribution in [0.1, 0.15) is 32.3 Å². The lowest BCUT2D eigenvalue weighted by Gasteiger charge is -2.15. The van der Waals surface area contributed by atoms with E-state index in [9.17, 15) is 8.78 Å². The van der Waals surface area contributed by atoms with Crippen molar-refractivity contribution in [3.63, 3.8) is 0 Å². The molecule has 1 aromatic carbocycles. The maximum absolute atomic E-state index is 12.8. The van der Waals surface area contributed by atoms with Crippen LogP contribution in [0.25, 0.3) is 0 Å². The van der Waals surface area contributed by atoms with Gasteiger partial charge in [0.15, 0.2) is 11.6 Å². The molecule has 0 bridgehead atoms. The van der Waals surface area contributed by atoms with Crippen molar-refractivity contribution >= 4 is 0 Å². The lowest BCUT2D eigenvalue weighted by atomic mass is 9.90. The third-order valence-electron chi connectivity index (χ3n) is 2.47. The zero-order valence-corrected chi connectivity index (χ0v) is 8.14. The second kappa shape index (κ2) is 3.86. The Morgan fingerprint density at radius 1 is 1.00 bits per heavy atom. The van der Waals surface area contributed by atoms with Crippen molar-refractivity contribution in [2.45, 2.75) is 26.7 Å². The Morgan fingerprint density at radius 3 is 2.08 bits per heavy atom. The first kappa shape index (κ1) is 10.2. The van der Waals surface area contributed by atoms with Crippen LogP contribution in [0.4, 0.5) is 8.78 Å². The van der Waals surface area contributed by atoms with Gasteiger partial charge in [0.25, 0.3) is 0 Å². The molecule has 13 heavy (non-hydrogen) atoms. The van der Waals surface area contributed by atoms with Crippen molar-refractivity contribution in [3.05, 3.63) is 35.4 Å². The molecule has 1 rings (SSSR count). The highest BCUT2D eigenvalue weighted by Gasteiger charge is 2.11. The Hall–Kier alpha value is -0.920. The van der Waals surface area contributed by atoms with Gasteiger partial charge < -0.3 is 0 Å². The summed E-state index contributed by atoms with van der Waals surface area (Å²) in [5.41, 5.74) is 0.855. The molecule has 1 aromatic rings. The van der Waals surface area contributed by atoms with Gasteiger partial charge in [-0.1, -0.05) is 26.8 Å². The Morgan fingerprint density at radius 2 is 1.62 bits per heavy atom. The number of benzene rings is 1. The number of hydrogen-bond donors (Lipinski definition) is 0. The third kappa shape index (κ3) is 2.27. The predicted molar refractivity (Wildman–Crippen MR) is 49.6 cm³/mol. The van der Waals surface area contributed by atoms with Gasteiger partial charge in [0, 0.05) is 0 Å². The summed E-state index contributed by atoms with van der Waals surface area (Å²) in [6, 6.07) is 4.10. The minimum atomic E-state index is -0.778. The van der Waals surface area contributed by atoms with Crippen LogP contribution in [0.3, 0.4) is 0 Å². The minimum absolute atomic E-state index is 0.259. The number of rotatable bonds is 2. The summed E-state index contributed by atoms with van der Waals surface area (Å²) < 4.78 is 25.4. The summed E-state index contributed by atoms with van der Waals surface area (Å²) in [5.74, 6) is -0.843. The summed E-state index contributed by atoms with van der Waals surface area (Å²) >= 11 is 0. The van der Waals surface area contributed by atoms with Crippen LogP contribution in [0.2, 0.25) is 0 Å². The van der Waals surface area contributed by atoms with Crippen LogP contribution in [0.15, 0.2) is 18.2 Å². The summed E-state index contributed by atoms with van der Waals surface area (Å²) in [5, 5.41) is 0. The molecule has 0 N–H and O–H groups in total. The Labute approximate surface area is 77.6 Å². The molecule has 0 aliphatic heterocycles. The van der Waals surface area contributed by atoms with Crippen molar-refractivity contribution in [2.24, 2.45) is 5.92 Å². The average molecular weight is 184 g/mol. The molecule has 0 saturated carbocycles. The lowest BCUT2D eigenvalue weighted by molar-refractivity contribution is 0.495. The topological polar surface area (TPSA) is 0 Å². The van der Waals surface area contributed by atoms with Crippen molar-refractivity contribution in [2.75, 3.05) is 0 Å². The second-order valence-electron chi connectivity index (χ2n) is 3.71. The van der Waals surface area contributed by atoms with Gasteiger partial charge in [-0.3, -0.25) is 0 Å². The Bertz CT molecular complexity index is 292. The molecule has 0 aromatic heterocycles. The van der Waals surface area contributed by atoms with Crippen molar-refractivity contribution < 1.29 is 8.78 Å². The van der Waals surface area contributed by atoms with Gasteiger partial charge >= 0.3 is 0 Å². The van der Waals surface area contributed by atoms with Gasteiger partial charge in [0.2, 0.25) is 0 Å². The van der Waals surface area contributed by atoms with E-state index >= 15 is 0 Å². The second-order valence-corrected chi connectivity index (χ2v) is 3.71. The molecule has 1 atom stereocenters. The van der Waals surface area contributed by atoms with Crippen LogP contribution in [-0.2, 0) is 0 Å². The Balaban J connectivity index is 2.97. The van der Waals surface area contributed by atoms with Crippen molar-refractivity contribution in [1.82, 2.24) is 0 Å². The van der Waals surface area contributed by atoms with E-state index in [1.165, 1.54) is 12.1 Å². The van der Waals surface area contributed by atoms with Gasteiger partial charge in [-0.2, -0.15) is 0 Å². The van der Waals surface area contributed by atoms with Gasteiger partial charge in [0.1, 0.15) is 0 Å². The van der Waals surface area contributed by atoms with Crippen molar-refractivity contribution in [1.29, 1.82) is 0 Å². The third-order valence-corrected chi connectivity index (χ3v) is 2.47. The highest BCUT2D eigenvalue weighted by molar-refractivity contribution is 5.21. The van der Waals surface area contributed by atoms with E-state index in [2.05, 4.69) is 13.8 Å². The maximum atomic E-state index is 12.8. The Kier molecular flexibility index (Phi) is 3.02. The molecule has 0 aliphatic rings. The average Bonchev–Trinajstić information content (AvgIpc) is 2.08. The zero-order chi connectivity index (χ0) is 10.0. The standard InChI is InChI=1S/C11H14F2/c1-7(2)8(3)9-4-5-10(12)11(13)6-9/h4-8H,1-3H3. The normalized spacial score (nSPS) is 13.4. The largest absolute Gasteiger partial charge is 0.204 e. The van der Waals surface area contributed by atoms with Crippen LogP contribution in [0, 0.1) is 17.6 Å². The van der Waals surface area contributed by atoms with E-state index in [0.29, 0.717) is 5.92 Å². The SMILES string of the molecule is CC(C)C(C)c1ccc(F)c(F)c1. The zero-order valence-electron chi connectivity index (χ0n) is 8.14. The molecule has 0 heterocycles. The highest BCUT2D eigenvalue weighted by Crippen LogP contribution is 2.24. The summed E-state index contributed by atoms with van der Waals surface area (Å²) in [7, 11) is 0. The van der Waals surface area contributed by atoms with Gasteiger partial charge in [-0.15, -0.1) is 0 Å². The molecule has 0 radical (unpaired) electrons. The fourth-order valence-electron chi connectivity index (χ4n) is 1.18. The fourth-order valence-corrected chi connectivity index (χ4v) is 1.18. The number of hydrogen-bond acceptors (Lipinski definition) is 0. The fraction of sp³-hybridized carbons (Fsp3) is 0.455. The first-order valence-corrected chi connectivity index (χ1v) is 4.47. The summed E-state index contributed by atoms with van der Waals surface area (Å²) in [6.45, 7) is 6.13. The summed E-state index contributed by atoms with van der Waals surface area (Å²) in [6.07, 6.45) is 0. The molecule has 2 heteroatoms. The van der Waals surface area contributed by atoms with E-state index < -0.39 is 11.6 Å². The first-order chi connectivity index (χ1) is 6.02. The van der Waals surface area contributed by atoms with Crippen molar-refractivity contribution in [3.8, 4) is 0 Å². The summed E-state index contributed by atoms with van der Waals surface area (Å²) in [4.78, 5) is 0. The lowest BCUT2D eigenvalue weighted by Crippen LogP contribution is -2.02. The van der Waals surface area contributed by atoms with Crippen LogP contribution < -0.4 is 0 Å². The molecule has 72 valence electrons. The first-order valence-electron chi connectivity index (χ1n) is 4.47. The molecule has 0 fully saturated rings. The van der Waals surface area contributed by atoms with E-state index in [1.54, 1.807) is 6.07 Å². The molecular formula is C11H14F2. The molecule has 0 amide bonds. The predicted octanol–water partition coefficient (Wildman–Crippen LogP) is 3.72. The molecule has 0 spiro atoms. The maximum Gasteiger partial charge on any atom is 0.159 e. The van der Waals surface area contributed by atoms with E-state index in [-0.39, 0.29) is 5.92 Å². The van der Waals surface area contributed by atoms with Crippen LogP contribution >= 0.6 is 0 Å². The van der Waals surface area contributed by atoms with Crippen LogP contribution in [0.5, 0.6) is 0 Å². The van der Waals surface area contributed by atoms with Crippen LogP contribution in [-0.4, -0.2) is 0 Å². The molecule has 1 unspecified atom stereocenters. The number of halogens is 2.